The fourth-order valence-electron chi connectivity index (χ4n) is 3.80. The van der Waals surface area contributed by atoms with Gasteiger partial charge in [0.15, 0.2) is 5.75 Å². The standard InChI is InChI=1S/C26H20N4O2/c31-24-16-27-15-21-7-8-23(29-25(21)24)26(32)22-13-19(11-18-5-2-1-3-6-18)12-20(14-22)17-30-10-4-9-28-30/h1-10,12-16,31H,11,17H2. The Morgan fingerprint density at radius 2 is 1.75 bits per heavy atom. The molecule has 2 aromatic carbocycles. The van der Waals surface area contributed by atoms with Crippen molar-refractivity contribution in [2.45, 2.75) is 13.0 Å². The molecule has 0 saturated heterocycles. The van der Waals surface area contributed by atoms with Crippen molar-refractivity contribution < 1.29 is 9.90 Å². The number of aromatic nitrogens is 4. The summed E-state index contributed by atoms with van der Waals surface area (Å²) in [6, 6.07) is 21.4. The van der Waals surface area contributed by atoms with E-state index in [-0.39, 0.29) is 17.2 Å². The van der Waals surface area contributed by atoms with E-state index in [1.807, 2.05) is 47.3 Å². The van der Waals surface area contributed by atoms with Crippen LogP contribution in [-0.4, -0.2) is 30.6 Å². The number of carbonyl (C=O) groups excluding carboxylic acids is 1. The summed E-state index contributed by atoms with van der Waals surface area (Å²) in [5.41, 5.74) is 4.39. The lowest BCUT2D eigenvalue weighted by molar-refractivity contribution is 0.103. The van der Waals surface area contributed by atoms with Gasteiger partial charge in [-0.05, 0) is 53.4 Å². The van der Waals surface area contributed by atoms with Gasteiger partial charge in [0, 0.05) is 29.5 Å². The highest BCUT2D eigenvalue weighted by Gasteiger charge is 2.15. The van der Waals surface area contributed by atoms with Crippen LogP contribution < -0.4 is 0 Å². The van der Waals surface area contributed by atoms with Crippen molar-refractivity contribution in [1.29, 1.82) is 0 Å². The predicted molar refractivity (Wildman–Crippen MR) is 122 cm³/mol. The quantitative estimate of drug-likeness (QED) is 0.412. The Balaban J connectivity index is 1.54. The molecule has 3 heterocycles. The third kappa shape index (κ3) is 4.11. The second-order valence-corrected chi connectivity index (χ2v) is 7.66. The van der Waals surface area contributed by atoms with Crippen LogP contribution in [0.15, 0.2) is 91.5 Å². The van der Waals surface area contributed by atoms with Gasteiger partial charge in [-0.3, -0.25) is 14.5 Å². The summed E-state index contributed by atoms with van der Waals surface area (Å²) in [4.78, 5) is 21.8. The van der Waals surface area contributed by atoms with E-state index in [0.717, 1.165) is 11.1 Å². The molecule has 5 rings (SSSR count). The molecular weight excluding hydrogens is 400 g/mol. The Morgan fingerprint density at radius 1 is 0.906 bits per heavy atom. The molecule has 0 aliphatic rings. The highest BCUT2D eigenvalue weighted by molar-refractivity contribution is 6.09. The fourth-order valence-corrected chi connectivity index (χ4v) is 3.80. The molecule has 0 aliphatic carbocycles. The third-order valence-electron chi connectivity index (χ3n) is 5.28. The molecule has 0 radical (unpaired) electrons. The molecule has 0 saturated carbocycles. The molecule has 0 atom stereocenters. The van der Waals surface area contributed by atoms with Gasteiger partial charge in [-0.1, -0.05) is 36.4 Å². The van der Waals surface area contributed by atoms with E-state index in [0.29, 0.717) is 29.4 Å². The maximum atomic E-state index is 13.4. The van der Waals surface area contributed by atoms with E-state index >= 15 is 0 Å². The third-order valence-corrected chi connectivity index (χ3v) is 5.28. The van der Waals surface area contributed by atoms with Crippen LogP contribution in [0.1, 0.15) is 32.7 Å². The minimum atomic E-state index is -0.195. The molecule has 0 spiro atoms. The molecule has 0 amide bonds. The number of nitrogens with zero attached hydrogens (tertiary/aromatic N) is 4. The van der Waals surface area contributed by atoms with Gasteiger partial charge in [0.1, 0.15) is 11.2 Å². The largest absolute Gasteiger partial charge is 0.504 e. The SMILES string of the molecule is O=C(c1cc(Cc2ccccc2)cc(Cn2cccn2)c1)c1ccc2cncc(O)c2n1. The zero-order valence-corrected chi connectivity index (χ0v) is 17.2. The molecule has 0 aliphatic heterocycles. The molecule has 0 unspecified atom stereocenters. The Morgan fingerprint density at radius 3 is 2.56 bits per heavy atom. The van der Waals surface area contributed by atoms with Crippen LogP contribution in [0.4, 0.5) is 0 Å². The lowest BCUT2D eigenvalue weighted by atomic mass is 9.97. The van der Waals surface area contributed by atoms with Crippen molar-refractivity contribution in [2.75, 3.05) is 0 Å². The molecular formula is C26H20N4O2. The van der Waals surface area contributed by atoms with Gasteiger partial charge < -0.3 is 5.11 Å². The average Bonchev–Trinajstić information content (AvgIpc) is 3.32. The number of benzene rings is 2. The number of fused-ring (bicyclic) bond motifs is 1. The first-order valence-electron chi connectivity index (χ1n) is 10.3. The van der Waals surface area contributed by atoms with Gasteiger partial charge in [-0.15, -0.1) is 0 Å². The number of hydrogen-bond acceptors (Lipinski definition) is 5. The lowest BCUT2D eigenvalue weighted by Gasteiger charge is -2.11. The van der Waals surface area contributed by atoms with Crippen LogP contribution in [-0.2, 0) is 13.0 Å². The van der Waals surface area contributed by atoms with Gasteiger partial charge in [0.25, 0.3) is 0 Å². The molecule has 3 aromatic heterocycles. The van der Waals surface area contributed by atoms with E-state index in [1.54, 1.807) is 24.5 Å². The number of aromatic hydroxyl groups is 1. The molecule has 32 heavy (non-hydrogen) atoms. The minimum Gasteiger partial charge on any atom is -0.504 e. The zero-order valence-electron chi connectivity index (χ0n) is 17.2. The van der Waals surface area contributed by atoms with E-state index < -0.39 is 0 Å². The van der Waals surface area contributed by atoms with Crippen LogP contribution in [0.5, 0.6) is 5.75 Å². The van der Waals surface area contributed by atoms with E-state index in [1.165, 1.54) is 11.8 Å². The number of pyridine rings is 2. The minimum absolute atomic E-state index is 0.0469. The second-order valence-electron chi connectivity index (χ2n) is 7.66. The van der Waals surface area contributed by atoms with Crippen LogP contribution in [0.25, 0.3) is 10.9 Å². The first-order chi connectivity index (χ1) is 15.7. The van der Waals surface area contributed by atoms with Gasteiger partial charge in [0.05, 0.1) is 12.7 Å². The van der Waals surface area contributed by atoms with Crippen molar-refractivity contribution in [3.8, 4) is 5.75 Å². The second kappa shape index (κ2) is 8.43. The van der Waals surface area contributed by atoms with Crippen LogP contribution in [0.3, 0.4) is 0 Å². The Hall–Kier alpha value is -4.32. The predicted octanol–water partition coefficient (Wildman–Crippen LogP) is 4.40. The molecule has 5 aromatic rings. The number of hydrogen-bond donors (Lipinski definition) is 1. The first kappa shape index (κ1) is 19.6. The number of rotatable bonds is 6. The van der Waals surface area contributed by atoms with E-state index in [9.17, 15) is 9.90 Å². The van der Waals surface area contributed by atoms with Gasteiger partial charge >= 0.3 is 0 Å². The monoisotopic (exact) mass is 420 g/mol. The Labute approximate surface area is 184 Å². The number of carbonyl (C=O) groups is 1. The Kier molecular flexibility index (Phi) is 5.17. The van der Waals surface area contributed by atoms with E-state index in [4.69, 9.17) is 0 Å². The molecule has 0 bridgehead atoms. The summed E-state index contributed by atoms with van der Waals surface area (Å²) in [6.07, 6.45) is 7.28. The highest BCUT2D eigenvalue weighted by Crippen LogP contribution is 2.23. The zero-order chi connectivity index (χ0) is 21.9. The van der Waals surface area contributed by atoms with Crippen molar-refractivity contribution >= 4 is 16.7 Å². The van der Waals surface area contributed by atoms with Crippen LogP contribution in [0, 0.1) is 0 Å². The van der Waals surface area contributed by atoms with Crippen LogP contribution >= 0.6 is 0 Å². The summed E-state index contributed by atoms with van der Waals surface area (Å²) < 4.78 is 1.83. The van der Waals surface area contributed by atoms with Crippen molar-refractivity contribution in [1.82, 2.24) is 19.7 Å². The van der Waals surface area contributed by atoms with Crippen molar-refractivity contribution in [3.05, 3.63) is 119 Å². The summed E-state index contributed by atoms with van der Waals surface area (Å²) in [6.45, 7) is 0.563. The van der Waals surface area contributed by atoms with Gasteiger partial charge in [-0.2, -0.15) is 5.10 Å². The number of ketones is 1. The molecule has 156 valence electrons. The summed E-state index contributed by atoms with van der Waals surface area (Å²) in [5, 5.41) is 15.1. The molecule has 6 heteroatoms. The van der Waals surface area contributed by atoms with E-state index in [2.05, 4.69) is 33.3 Å². The topological polar surface area (TPSA) is 80.9 Å². The molecule has 1 N–H and O–H groups in total. The molecule has 0 fully saturated rings. The lowest BCUT2D eigenvalue weighted by Crippen LogP contribution is -2.08. The van der Waals surface area contributed by atoms with Crippen molar-refractivity contribution in [2.24, 2.45) is 0 Å². The van der Waals surface area contributed by atoms with Crippen LogP contribution in [0.2, 0.25) is 0 Å². The Bertz CT molecular complexity index is 1400. The molecule has 6 nitrogen and oxygen atoms in total. The van der Waals surface area contributed by atoms with Crippen molar-refractivity contribution in [3.63, 3.8) is 0 Å². The summed E-state index contributed by atoms with van der Waals surface area (Å²) in [5.74, 6) is -0.242. The summed E-state index contributed by atoms with van der Waals surface area (Å²) >= 11 is 0. The highest BCUT2D eigenvalue weighted by atomic mass is 16.3. The maximum Gasteiger partial charge on any atom is 0.211 e. The normalized spacial score (nSPS) is 11.0. The van der Waals surface area contributed by atoms with Gasteiger partial charge in [-0.25, -0.2) is 4.98 Å². The maximum absolute atomic E-state index is 13.4. The first-order valence-corrected chi connectivity index (χ1v) is 10.3. The summed E-state index contributed by atoms with van der Waals surface area (Å²) in [7, 11) is 0. The fraction of sp³-hybridized carbons (Fsp3) is 0.0769. The smallest absolute Gasteiger partial charge is 0.211 e. The average molecular weight is 420 g/mol. The van der Waals surface area contributed by atoms with Gasteiger partial charge in [0.2, 0.25) is 5.78 Å².